The van der Waals surface area contributed by atoms with Crippen LogP contribution in [-0.4, -0.2) is 13.2 Å². The molecule has 2 fully saturated rings. The molecule has 1 nitrogen and oxygen atoms in total. The zero-order chi connectivity index (χ0) is 25.7. The molecule has 0 heterocycles. The van der Waals surface area contributed by atoms with E-state index >= 15 is 0 Å². The van der Waals surface area contributed by atoms with Crippen molar-refractivity contribution in [3.8, 4) is 0 Å². The maximum absolute atomic E-state index is 6.10. The first kappa shape index (κ1) is 29.4. The number of rotatable bonds is 14. The molecule has 2 unspecified atom stereocenters. The lowest BCUT2D eigenvalue weighted by Gasteiger charge is -2.29. The van der Waals surface area contributed by atoms with Crippen molar-refractivity contribution in [3.05, 3.63) is 23.3 Å². The van der Waals surface area contributed by atoms with Gasteiger partial charge in [-0.15, -0.1) is 0 Å². The zero-order valence-corrected chi connectivity index (χ0v) is 25.0. The molecule has 0 N–H and O–H groups in total. The summed E-state index contributed by atoms with van der Waals surface area (Å²) in [5.74, 6) is 6.10. The normalized spacial score (nSPS) is 33.1. The third kappa shape index (κ3) is 10.5. The van der Waals surface area contributed by atoms with Crippen LogP contribution in [0.3, 0.4) is 0 Å². The van der Waals surface area contributed by atoms with E-state index in [1.807, 2.05) is 0 Å². The summed E-state index contributed by atoms with van der Waals surface area (Å²) in [6.45, 7) is 6.63. The molecular weight excluding hydrogens is 448 g/mol. The van der Waals surface area contributed by atoms with Crippen LogP contribution in [0.5, 0.6) is 0 Å². The van der Waals surface area contributed by atoms with Crippen molar-refractivity contribution in [1.82, 2.24) is 0 Å². The van der Waals surface area contributed by atoms with E-state index in [9.17, 15) is 0 Å². The third-order valence-corrected chi connectivity index (χ3v) is 11.4. The molecule has 0 aliphatic heterocycles. The number of hydrogen-bond acceptors (Lipinski definition) is 1. The van der Waals surface area contributed by atoms with E-state index in [2.05, 4.69) is 26.0 Å². The maximum Gasteiger partial charge on any atom is 0.0503 e. The first-order valence-electron chi connectivity index (χ1n) is 17.1. The van der Waals surface area contributed by atoms with Crippen LogP contribution in [0.1, 0.15) is 155 Å². The summed E-state index contributed by atoms with van der Waals surface area (Å²) in [5, 5.41) is 0. The van der Waals surface area contributed by atoms with Crippen LogP contribution >= 0.6 is 0 Å². The van der Waals surface area contributed by atoms with Crippen molar-refractivity contribution in [2.24, 2.45) is 35.5 Å². The van der Waals surface area contributed by atoms with Gasteiger partial charge in [-0.05, 0) is 99.7 Å². The Bertz CT molecular complexity index is 615. The fourth-order valence-electron chi connectivity index (χ4n) is 8.17. The lowest BCUT2D eigenvalue weighted by Crippen LogP contribution is -2.16. The Hall–Kier alpha value is -0.560. The summed E-state index contributed by atoms with van der Waals surface area (Å²) in [7, 11) is 0. The highest BCUT2D eigenvalue weighted by Crippen LogP contribution is 2.37. The van der Waals surface area contributed by atoms with Crippen LogP contribution in [0.15, 0.2) is 23.3 Å². The Balaban J connectivity index is 0.990. The van der Waals surface area contributed by atoms with Crippen molar-refractivity contribution in [3.63, 3.8) is 0 Å². The topological polar surface area (TPSA) is 9.23 Å². The Kier molecular flexibility index (Phi) is 13.1. The van der Waals surface area contributed by atoms with Gasteiger partial charge in [-0.25, -0.2) is 0 Å². The molecule has 0 aromatic rings. The Labute approximate surface area is 231 Å². The summed E-state index contributed by atoms with van der Waals surface area (Å²) in [5.41, 5.74) is 3.37. The van der Waals surface area contributed by atoms with Crippen molar-refractivity contribution in [2.45, 2.75) is 155 Å². The van der Waals surface area contributed by atoms with Gasteiger partial charge in [0, 0.05) is 0 Å². The molecule has 2 atom stereocenters. The smallest absolute Gasteiger partial charge is 0.0503 e. The van der Waals surface area contributed by atoms with Crippen LogP contribution in [0, 0.1) is 35.5 Å². The fourth-order valence-corrected chi connectivity index (χ4v) is 8.17. The van der Waals surface area contributed by atoms with Crippen molar-refractivity contribution >= 4 is 0 Å². The third-order valence-electron chi connectivity index (χ3n) is 11.4. The minimum atomic E-state index is 0.938. The highest BCUT2D eigenvalue weighted by Gasteiger charge is 2.23. The molecule has 0 aromatic heterocycles. The number of ether oxygens (including phenoxy) is 1. The highest BCUT2D eigenvalue weighted by molar-refractivity contribution is 5.07. The van der Waals surface area contributed by atoms with Crippen molar-refractivity contribution in [1.29, 1.82) is 0 Å². The Morgan fingerprint density at radius 3 is 1.24 bits per heavy atom. The monoisotopic (exact) mass is 510 g/mol. The van der Waals surface area contributed by atoms with E-state index in [0.29, 0.717) is 0 Å². The van der Waals surface area contributed by atoms with Crippen LogP contribution in [0.4, 0.5) is 0 Å². The molecular formula is C36H62O. The molecule has 4 aliphatic rings. The summed E-state index contributed by atoms with van der Waals surface area (Å²) in [4.78, 5) is 0. The van der Waals surface area contributed by atoms with Crippen molar-refractivity contribution < 1.29 is 4.74 Å². The summed E-state index contributed by atoms with van der Waals surface area (Å²) in [6.07, 6.45) is 36.6. The van der Waals surface area contributed by atoms with Gasteiger partial charge >= 0.3 is 0 Å². The summed E-state index contributed by atoms with van der Waals surface area (Å²) in [6, 6.07) is 0. The largest absolute Gasteiger partial charge is 0.381 e. The minimum Gasteiger partial charge on any atom is -0.381 e. The maximum atomic E-state index is 6.10. The first-order valence-corrected chi connectivity index (χ1v) is 17.1. The van der Waals surface area contributed by atoms with Crippen LogP contribution < -0.4 is 0 Å². The van der Waals surface area contributed by atoms with Gasteiger partial charge < -0.3 is 4.74 Å². The SMILES string of the molecule is CCC1CCC(CCC2CC=C(CCOCCC3=CCC(CCC4CCC(CC)CC4)CC3)CC2)CC1. The van der Waals surface area contributed by atoms with E-state index < -0.39 is 0 Å². The first-order chi connectivity index (χ1) is 18.2. The van der Waals surface area contributed by atoms with E-state index in [-0.39, 0.29) is 0 Å². The van der Waals surface area contributed by atoms with Gasteiger partial charge in [-0.3, -0.25) is 0 Å². The second kappa shape index (κ2) is 16.5. The van der Waals surface area contributed by atoms with Gasteiger partial charge in [0.2, 0.25) is 0 Å². The molecule has 4 aliphatic carbocycles. The predicted molar refractivity (Wildman–Crippen MR) is 161 cm³/mol. The van der Waals surface area contributed by atoms with Crippen LogP contribution in [0.2, 0.25) is 0 Å². The van der Waals surface area contributed by atoms with Gasteiger partial charge in [-0.2, -0.15) is 0 Å². The Morgan fingerprint density at radius 2 is 0.892 bits per heavy atom. The number of hydrogen-bond donors (Lipinski definition) is 0. The minimum absolute atomic E-state index is 0.938. The molecule has 0 saturated heterocycles. The van der Waals surface area contributed by atoms with E-state index in [0.717, 1.165) is 48.7 Å². The van der Waals surface area contributed by atoms with E-state index in [4.69, 9.17) is 4.74 Å². The molecule has 1 heteroatoms. The molecule has 0 spiro atoms. The molecule has 4 rings (SSSR count). The summed E-state index contributed by atoms with van der Waals surface area (Å²) < 4.78 is 6.10. The number of allylic oxidation sites excluding steroid dienone is 2. The fraction of sp³-hybridized carbons (Fsp3) is 0.889. The highest BCUT2D eigenvalue weighted by atomic mass is 16.5. The molecule has 212 valence electrons. The molecule has 0 amide bonds. The molecule has 2 saturated carbocycles. The lowest BCUT2D eigenvalue weighted by atomic mass is 9.76. The molecule has 0 radical (unpaired) electrons. The molecule has 37 heavy (non-hydrogen) atoms. The second-order valence-electron chi connectivity index (χ2n) is 13.9. The second-order valence-corrected chi connectivity index (χ2v) is 13.9. The van der Waals surface area contributed by atoms with Gasteiger partial charge in [0.25, 0.3) is 0 Å². The van der Waals surface area contributed by atoms with Crippen molar-refractivity contribution in [2.75, 3.05) is 13.2 Å². The predicted octanol–water partition coefficient (Wildman–Crippen LogP) is 11.2. The average molecular weight is 511 g/mol. The van der Waals surface area contributed by atoms with Crippen LogP contribution in [-0.2, 0) is 4.74 Å². The van der Waals surface area contributed by atoms with Crippen LogP contribution in [0.25, 0.3) is 0 Å². The van der Waals surface area contributed by atoms with Gasteiger partial charge in [0.1, 0.15) is 0 Å². The van der Waals surface area contributed by atoms with Gasteiger partial charge in [-0.1, -0.05) is 114 Å². The standard InChI is InChI=1S/C36H62O/c1-3-29-5-9-31(10-6-29)13-15-33-17-21-35(22-18-33)25-27-37-28-26-36-23-19-34(20-24-36)16-14-32-11-7-30(4-2)8-12-32/h21,23,29-34H,3-20,22,24-28H2,1-2H3. The van der Waals surface area contributed by atoms with Gasteiger partial charge in [0.05, 0.1) is 13.2 Å². The quantitative estimate of drug-likeness (QED) is 0.167. The van der Waals surface area contributed by atoms with E-state index in [1.165, 1.54) is 141 Å². The average Bonchev–Trinajstić information content (AvgIpc) is 2.96. The Morgan fingerprint density at radius 1 is 0.514 bits per heavy atom. The lowest BCUT2D eigenvalue weighted by molar-refractivity contribution is 0.138. The molecule has 0 bridgehead atoms. The molecule has 0 aromatic carbocycles. The summed E-state index contributed by atoms with van der Waals surface area (Å²) >= 11 is 0. The van der Waals surface area contributed by atoms with E-state index in [1.54, 1.807) is 11.1 Å². The van der Waals surface area contributed by atoms with Gasteiger partial charge in [0.15, 0.2) is 0 Å². The zero-order valence-electron chi connectivity index (χ0n) is 25.0.